The highest BCUT2D eigenvalue weighted by molar-refractivity contribution is 7.15. The van der Waals surface area contributed by atoms with Gasteiger partial charge in [0.05, 0.1) is 24.8 Å². The molecule has 1 unspecified atom stereocenters. The van der Waals surface area contributed by atoms with Crippen molar-refractivity contribution in [2.24, 2.45) is 0 Å². The van der Waals surface area contributed by atoms with Gasteiger partial charge in [-0.25, -0.2) is 0 Å². The summed E-state index contributed by atoms with van der Waals surface area (Å²) >= 11 is 1.20. The lowest BCUT2D eigenvalue weighted by molar-refractivity contribution is -0.132. The molecule has 3 aromatic rings. The number of carbonyl (C=O) groups is 2. The number of benzene rings is 2. The molecule has 1 fully saturated rings. The summed E-state index contributed by atoms with van der Waals surface area (Å²) in [4.78, 5) is 27.5. The number of hydrogen-bond donors (Lipinski definition) is 1. The van der Waals surface area contributed by atoms with Crippen molar-refractivity contribution >= 4 is 33.9 Å². The van der Waals surface area contributed by atoms with Crippen LogP contribution in [0.3, 0.4) is 0 Å². The Hall–Kier alpha value is -3.72. The lowest BCUT2D eigenvalue weighted by Gasteiger charge is -2.22. The van der Waals surface area contributed by atoms with E-state index in [1.807, 2.05) is 13.8 Å². The molecule has 0 aliphatic carbocycles. The van der Waals surface area contributed by atoms with Crippen molar-refractivity contribution in [2.45, 2.75) is 32.9 Å². The smallest absolute Gasteiger partial charge is 0.301 e. The van der Waals surface area contributed by atoms with Gasteiger partial charge >= 0.3 is 5.91 Å². The van der Waals surface area contributed by atoms with E-state index in [9.17, 15) is 14.7 Å². The Balaban J connectivity index is 1.84. The Kier molecular flexibility index (Phi) is 6.15. The van der Waals surface area contributed by atoms with Crippen LogP contribution in [0.2, 0.25) is 0 Å². The second-order valence-corrected chi connectivity index (χ2v) is 8.90. The van der Waals surface area contributed by atoms with Crippen LogP contribution in [0.15, 0.2) is 54.1 Å². The Labute approximate surface area is 195 Å². The highest BCUT2D eigenvalue weighted by Crippen LogP contribution is 2.43. The average Bonchev–Trinajstić information content (AvgIpc) is 3.34. The van der Waals surface area contributed by atoms with Gasteiger partial charge in [-0.15, -0.1) is 10.2 Å². The van der Waals surface area contributed by atoms with E-state index in [2.05, 4.69) is 10.2 Å². The molecule has 1 atom stereocenters. The van der Waals surface area contributed by atoms with Crippen LogP contribution in [0, 0.1) is 6.92 Å². The summed E-state index contributed by atoms with van der Waals surface area (Å²) in [5, 5.41) is 20.2. The second-order valence-electron chi connectivity index (χ2n) is 7.74. The van der Waals surface area contributed by atoms with Crippen molar-refractivity contribution in [1.29, 1.82) is 0 Å². The molecular formula is C24H23N3O5S. The number of nitrogens with zero attached hydrogens (tertiary/aromatic N) is 3. The number of amides is 1. The van der Waals surface area contributed by atoms with Crippen molar-refractivity contribution in [3.63, 3.8) is 0 Å². The molecule has 4 rings (SSSR count). The van der Waals surface area contributed by atoms with Gasteiger partial charge in [0.1, 0.15) is 22.3 Å². The molecule has 8 nitrogen and oxygen atoms in total. The summed E-state index contributed by atoms with van der Waals surface area (Å²) in [6, 6.07) is 12.8. The lowest BCUT2D eigenvalue weighted by Crippen LogP contribution is -2.29. The minimum atomic E-state index is -0.866. The summed E-state index contributed by atoms with van der Waals surface area (Å²) in [7, 11) is 1.55. The highest BCUT2D eigenvalue weighted by Gasteiger charge is 2.48. The number of hydrogen-bond acceptors (Lipinski definition) is 8. The molecule has 9 heteroatoms. The van der Waals surface area contributed by atoms with Gasteiger partial charge in [-0.1, -0.05) is 23.5 Å². The molecule has 2 aromatic carbocycles. The molecule has 1 aliphatic heterocycles. The largest absolute Gasteiger partial charge is 0.507 e. The molecule has 0 saturated carbocycles. The zero-order valence-corrected chi connectivity index (χ0v) is 19.4. The van der Waals surface area contributed by atoms with Crippen molar-refractivity contribution in [3.05, 3.63) is 70.2 Å². The quantitative estimate of drug-likeness (QED) is 0.329. The van der Waals surface area contributed by atoms with Crippen LogP contribution in [0.1, 0.15) is 36.0 Å². The maximum Gasteiger partial charge on any atom is 0.301 e. The first kappa shape index (κ1) is 22.5. The standard InChI is InChI=1S/C24H23N3O5S/c1-13(2)32-18-11-7-16(8-12-18)21(28)19-20(15-5-9-17(31-4)10-6-15)27(23(30)22(19)29)24-26-25-14(3)33-24/h5-13,20,28H,1-4H3/b21-19-. The number of rotatable bonds is 6. The lowest BCUT2D eigenvalue weighted by atomic mass is 9.95. The van der Waals surface area contributed by atoms with Gasteiger partial charge in [-0.3, -0.25) is 14.5 Å². The number of ketones is 1. The molecule has 0 spiro atoms. The van der Waals surface area contributed by atoms with Crippen LogP contribution in [-0.4, -0.2) is 40.2 Å². The first-order valence-corrected chi connectivity index (χ1v) is 11.1. The molecule has 33 heavy (non-hydrogen) atoms. The van der Waals surface area contributed by atoms with Crippen molar-refractivity contribution in [3.8, 4) is 11.5 Å². The molecular weight excluding hydrogens is 442 g/mol. The maximum absolute atomic E-state index is 13.1. The summed E-state index contributed by atoms with van der Waals surface area (Å²) in [6.45, 7) is 5.60. The van der Waals surface area contributed by atoms with Crippen LogP contribution in [0.4, 0.5) is 5.13 Å². The number of methoxy groups -OCH3 is 1. The third-order valence-corrected chi connectivity index (χ3v) is 5.93. The predicted octanol–water partition coefficient (Wildman–Crippen LogP) is 4.27. The Morgan fingerprint density at radius 3 is 2.21 bits per heavy atom. The van der Waals surface area contributed by atoms with Gasteiger partial charge in [0.15, 0.2) is 0 Å². The van der Waals surface area contributed by atoms with Crippen molar-refractivity contribution < 1.29 is 24.2 Å². The van der Waals surface area contributed by atoms with Gasteiger partial charge in [0.2, 0.25) is 5.13 Å². The summed E-state index contributed by atoms with van der Waals surface area (Å²) in [5.74, 6) is -0.563. The van der Waals surface area contributed by atoms with Crippen molar-refractivity contribution in [1.82, 2.24) is 10.2 Å². The number of aliphatic hydroxyl groups excluding tert-OH is 1. The van der Waals surface area contributed by atoms with E-state index < -0.39 is 17.7 Å². The normalized spacial score (nSPS) is 17.6. The Morgan fingerprint density at radius 2 is 1.67 bits per heavy atom. The zero-order valence-electron chi connectivity index (χ0n) is 18.6. The average molecular weight is 466 g/mol. The van der Waals surface area contributed by atoms with E-state index in [1.54, 1.807) is 62.6 Å². The van der Waals surface area contributed by atoms with E-state index >= 15 is 0 Å². The number of ether oxygens (including phenoxy) is 2. The molecule has 0 bridgehead atoms. The molecule has 2 heterocycles. The first-order chi connectivity index (χ1) is 15.8. The fraction of sp³-hybridized carbons (Fsp3) is 0.250. The van der Waals surface area contributed by atoms with Gasteiger partial charge < -0.3 is 14.6 Å². The zero-order chi connectivity index (χ0) is 23.7. The van der Waals surface area contributed by atoms with Crippen molar-refractivity contribution in [2.75, 3.05) is 12.0 Å². The minimum Gasteiger partial charge on any atom is -0.507 e. The molecule has 1 N–H and O–H groups in total. The SMILES string of the molecule is COc1ccc(C2/C(=C(/O)c3ccc(OC(C)C)cc3)C(=O)C(=O)N2c2nnc(C)s2)cc1. The number of Topliss-reactive ketones (excluding diaryl/α,β-unsaturated/α-hetero) is 1. The molecule has 1 amide bonds. The predicted molar refractivity (Wildman–Crippen MR) is 125 cm³/mol. The van der Waals surface area contributed by atoms with Gasteiger partial charge in [0, 0.05) is 5.56 Å². The van der Waals surface area contributed by atoms with Gasteiger partial charge in [0.25, 0.3) is 5.78 Å². The Morgan fingerprint density at radius 1 is 1.03 bits per heavy atom. The molecule has 170 valence electrons. The first-order valence-electron chi connectivity index (χ1n) is 10.3. The Bertz CT molecular complexity index is 1220. The van der Waals surface area contributed by atoms with Crippen LogP contribution >= 0.6 is 11.3 Å². The second kappa shape index (κ2) is 9.03. The molecule has 1 aromatic heterocycles. The summed E-state index contributed by atoms with van der Waals surface area (Å²) < 4.78 is 10.9. The summed E-state index contributed by atoms with van der Waals surface area (Å²) in [5.41, 5.74) is 1.01. The number of carbonyl (C=O) groups excluding carboxylic acids is 2. The fourth-order valence-electron chi connectivity index (χ4n) is 3.63. The van der Waals surface area contributed by atoms with Gasteiger partial charge in [-0.05, 0) is 62.7 Å². The third-order valence-electron chi connectivity index (χ3n) is 5.10. The summed E-state index contributed by atoms with van der Waals surface area (Å²) in [6.07, 6.45) is 0.000190. The minimum absolute atomic E-state index is 0.000190. The van der Waals surface area contributed by atoms with E-state index in [-0.39, 0.29) is 22.6 Å². The topological polar surface area (TPSA) is 102 Å². The molecule has 1 saturated heterocycles. The monoisotopic (exact) mass is 465 g/mol. The van der Waals surface area contributed by atoms with E-state index in [0.717, 1.165) is 0 Å². The van der Waals surface area contributed by atoms with Crippen LogP contribution in [0.5, 0.6) is 11.5 Å². The van der Waals surface area contributed by atoms with E-state index in [0.29, 0.717) is 27.6 Å². The third kappa shape index (κ3) is 4.31. The van der Waals surface area contributed by atoms with Crippen LogP contribution < -0.4 is 14.4 Å². The molecule has 1 aliphatic rings. The van der Waals surface area contributed by atoms with Crippen LogP contribution in [-0.2, 0) is 9.59 Å². The highest BCUT2D eigenvalue weighted by atomic mass is 32.1. The van der Waals surface area contributed by atoms with E-state index in [1.165, 1.54) is 16.2 Å². The number of aryl methyl sites for hydroxylation is 1. The van der Waals surface area contributed by atoms with Gasteiger partial charge in [-0.2, -0.15) is 0 Å². The van der Waals surface area contributed by atoms with E-state index in [4.69, 9.17) is 9.47 Å². The fourth-order valence-corrected chi connectivity index (χ4v) is 4.35. The number of aromatic nitrogens is 2. The van der Waals surface area contributed by atoms with Crippen LogP contribution in [0.25, 0.3) is 5.76 Å². The maximum atomic E-state index is 13.1. The number of anilines is 1. The molecule has 0 radical (unpaired) electrons. The number of aliphatic hydroxyl groups is 1.